The van der Waals surface area contributed by atoms with E-state index < -0.39 is 0 Å². The number of aromatic nitrogens is 3. The Morgan fingerprint density at radius 2 is 2.23 bits per heavy atom. The lowest BCUT2D eigenvalue weighted by molar-refractivity contribution is 0.205. The summed E-state index contributed by atoms with van der Waals surface area (Å²) < 4.78 is 0. The first-order valence-electron chi connectivity index (χ1n) is 8.37. The third-order valence-corrected chi connectivity index (χ3v) is 4.54. The maximum absolute atomic E-state index is 4.38. The number of nitrogens with one attached hydrogen (secondary N) is 1. The minimum Gasteiger partial charge on any atom is -0.303 e. The monoisotopic (exact) mass is 298 g/mol. The van der Waals surface area contributed by atoms with Crippen LogP contribution in [0.1, 0.15) is 48.0 Å². The van der Waals surface area contributed by atoms with Gasteiger partial charge in [-0.3, -0.25) is 5.10 Å². The zero-order valence-corrected chi connectivity index (χ0v) is 13.7. The van der Waals surface area contributed by atoms with Gasteiger partial charge < -0.3 is 4.90 Å². The fourth-order valence-electron chi connectivity index (χ4n) is 3.42. The van der Waals surface area contributed by atoms with Crippen LogP contribution in [0.25, 0.3) is 0 Å². The smallest absolute Gasteiger partial charge is 0.150 e. The summed E-state index contributed by atoms with van der Waals surface area (Å²) in [4.78, 5) is 6.99. The Hall–Kier alpha value is -1.68. The number of piperidine rings is 1. The lowest BCUT2D eigenvalue weighted by Gasteiger charge is -2.33. The van der Waals surface area contributed by atoms with E-state index >= 15 is 0 Å². The summed E-state index contributed by atoms with van der Waals surface area (Å²) in [5.74, 6) is 2.55. The van der Waals surface area contributed by atoms with Gasteiger partial charge in [0.05, 0.1) is 0 Å². The molecule has 1 fully saturated rings. The number of hydrogen-bond acceptors (Lipinski definition) is 3. The number of H-pyrrole nitrogens is 1. The molecule has 2 aromatic rings. The Labute approximate surface area is 133 Å². The molecule has 0 bridgehead atoms. The highest BCUT2D eigenvalue weighted by atomic mass is 15.2. The van der Waals surface area contributed by atoms with Gasteiger partial charge in [0, 0.05) is 13.0 Å². The van der Waals surface area contributed by atoms with Crippen LogP contribution in [-0.2, 0) is 6.42 Å². The van der Waals surface area contributed by atoms with Gasteiger partial charge in [-0.25, -0.2) is 4.98 Å². The Balaban J connectivity index is 1.50. The minimum atomic E-state index is 0.694. The molecule has 0 saturated carbocycles. The van der Waals surface area contributed by atoms with Crippen LogP contribution in [0.5, 0.6) is 0 Å². The first kappa shape index (κ1) is 15.2. The topological polar surface area (TPSA) is 44.8 Å². The first-order chi connectivity index (χ1) is 10.7. The lowest BCUT2D eigenvalue weighted by atomic mass is 9.90. The molecule has 4 heteroatoms. The SMILES string of the molecule is Cc1cccc([C@@H]2CCCN(CCCc3n[nH]c(C)n3)C2)c1. The second-order valence-corrected chi connectivity index (χ2v) is 6.49. The Kier molecular flexibility index (Phi) is 4.88. The summed E-state index contributed by atoms with van der Waals surface area (Å²) in [6, 6.07) is 9.01. The van der Waals surface area contributed by atoms with E-state index in [2.05, 4.69) is 51.3 Å². The van der Waals surface area contributed by atoms with Crippen molar-refractivity contribution in [2.75, 3.05) is 19.6 Å². The maximum atomic E-state index is 4.38. The summed E-state index contributed by atoms with van der Waals surface area (Å²) in [6.07, 6.45) is 4.73. The zero-order chi connectivity index (χ0) is 15.4. The number of hydrogen-bond donors (Lipinski definition) is 1. The van der Waals surface area contributed by atoms with Gasteiger partial charge in [0.15, 0.2) is 5.82 Å². The Bertz CT molecular complexity index is 605. The predicted octanol–water partition coefficient (Wildman–Crippen LogP) is 3.23. The molecule has 3 rings (SSSR count). The highest BCUT2D eigenvalue weighted by molar-refractivity contribution is 5.26. The molecule has 1 aliphatic heterocycles. The van der Waals surface area contributed by atoms with Gasteiger partial charge >= 0.3 is 0 Å². The largest absolute Gasteiger partial charge is 0.303 e. The van der Waals surface area contributed by atoms with Crippen LogP contribution in [0.15, 0.2) is 24.3 Å². The molecule has 1 aromatic heterocycles. The van der Waals surface area contributed by atoms with Gasteiger partial charge in [0.25, 0.3) is 0 Å². The van der Waals surface area contributed by atoms with Gasteiger partial charge in [-0.2, -0.15) is 5.10 Å². The molecule has 0 radical (unpaired) electrons. The number of aryl methyl sites for hydroxylation is 3. The Morgan fingerprint density at radius 1 is 1.32 bits per heavy atom. The normalized spacial score (nSPS) is 19.5. The quantitative estimate of drug-likeness (QED) is 0.921. The highest BCUT2D eigenvalue weighted by Crippen LogP contribution is 2.27. The zero-order valence-electron chi connectivity index (χ0n) is 13.7. The van der Waals surface area contributed by atoms with E-state index in [0.717, 1.165) is 31.0 Å². The summed E-state index contributed by atoms with van der Waals surface area (Å²) in [5, 5.41) is 7.13. The summed E-state index contributed by atoms with van der Waals surface area (Å²) in [5.41, 5.74) is 2.88. The lowest BCUT2D eigenvalue weighted by Crippen LogP contribution is -2.35. The summed E-state index contributed by atoms with van der Waals surface area (Å²) in [7, 11) is 0. The van der Waals surface area contributed by atoms with Crippen LogP contribution in [0.3, 0.4) is 0 Å². The van der Waals surface area contributed by atoms with Crippen molar-refractivity contribution in [3.05, 3.63) is 47.0 Å². The second-order valence-electron chi connectivity index (χ2n) is 6.49. The van der Waals surface area contributed by atoms with Crippen LogP contribution in [0, 0.1) is 13.8 Å². The first-order valence-corrected chi connectivity index (χ1v) is 8.37. The molecule has 1 atom stereocenters. The van der Waals surface area contributed by atoms with Crippen molar-refractivity contribution < 1.29 is 0 Å². The number of likely N-dealkylation sites (tertiary alicyclic amines) is 1. The number of benzene rings is 1. The van der Waals surface area contributed by atoms with E-state index in [0.29, 0.717) is 5.92 Å². The van der Waals surface area contributed by atoms with Gasteiger partial charge in [-0.15, -0.1) is 0 Å². The molecule has 0 amide bonds. The fourth-order valence-corrected chi connectivity index (χ4v) is 3.42. The average molecular weight is 298 g/mol. The predicted molar refractivity (Wildman–Crippen MR) is 89.0 cm³/mol. The van der Waals surface area contributed by atoms with Gasteiger partial charge in [0.2, 0.25) is 0 Å². The third kappa shape index (κ3) is 3.95. The van der Waals surface area contributed by atoms with Crippen LogP contribution < -0.4 is 0 Å². The van der Waals surface area contributed by atoms with Crippen LogP contribution in [0.2, 0.25) is 0 Å². The van der Waals surface area contributed by atoms with Crippen LogP contribution in [0.4, 0.5) is 0 Å². The van der Waals surface area contributed by atoms with Crippen molar-refractivity contribution in [2.45, 2.75) is 45.4 Å². The molecular formula is C18H26N4. The van der Waals surface area contributed by atoms with Crippen molar-refractivity contribution in [3.8, 4) is 0 Å². The van der Waals surface area contributed by atoms with Gasteiger partial charge in [-0.05, 0) is 57.7 Å². The molecular weight excluding hydrogens is 272 g/mol. The van der Waals surface area contributed by atoms with E-state index in [1.807, 2.05) is 6.92 Å². The van der Waals surface area contributed by atoms with Gasteiger partial charge in [0.1, 0.15) is 5.82 Å². The van der Waals surface area contributed by atoms with Crippen molar-refractivity contribution >= 4 is 0 Å². The third-order valence-electron chi connectivity index (χ3n) is 4.54. The van der Waals surface area contributed by atoms with E-state index in [4.69, 9.17) is 0 Å². The van der Waals surface area contributed by atoms with E-state index in [9.17, 15) is 0 Å². The molecule has 1 saturated heterocycles. The molecule has 0 unspecified atom stereocenters. The van der Waals surface area contributed by atoms with Crippen molar-refractivity contribution in [3.63, 3.8) is 0 Å². The molecule has 118 valence electrons. The van der Waals surface area contributed by atoms with Crippen molar-refractivity contribution in [1.29, 1.82) is 0 Å². The molecule has 22 heavy (non-hydrogen) atoms. The van der Waals surface area contributed by atoms with Crippen molar-refractivity contribution in [1.82, 2.24) is 20.1 Å². The van der Waals surface area contributed by atoms with Crippen LogP contribution >= 0.6 is 0 Å². The van der Waals surface area contributed by atoms with Crippen molar-refractivity contribution in [2.24, 2.45) is 0 Å². The summed E-state index contributed by atoms with van der Waals surface area (Å²) >= 11 is 0. The molecule has 1 N–H and O–H groups in total. The molecule has 4 nitrogen and oxygen atoms in total. The Morgan fingerprint density at radius 3 is 3.00 bits per heavy atom. The van der Waals surface area contributed by atoms with Crippen LogP contribution in [-0.4, -0.2) is 39.7 Å². The number of nitrogens with zero attached hydrogens (tertiary/aromatic N) is 3. The number of rotatable bonds is 5. The average Bonchev–Trinajstić information content (AvgIpc) is 2.93. The molecule has 0 spiro atoms. The highest BCUT2D eigenvalue weighted by Gasteiger charge is 2.21. The van der Waals surface area contributed by atoms with E-state index in [-0.39, 0.29) is 0 Å². The number of aromatic amines is 1. The van der Waals surface area contributed by atoms with E-state index in [1.165, 1.54) is 37.1 Å². The van der Waals surface area contributed by atoms with E-state index in [1.54, 1.807) is 0 Å². The molecule has 1 aromatic carbocycles. The standard InChI is InChI=1S/C18H26N4/c1-14-6-3-7-16(12-14)17-8-4-10-22(13-17)11-5-9-18-19-15(2)20-21-18/h3,6-7,12,17H,4-5,8-11,13H2,1-2H3,(H,19,20,21)/t17-/m1/s1. The molecule has 1 aliphatic rings. The molecule has 2 heterocycles. The summed E-state index contributed by atoms with van der Waals surface area (Å²) in [6.45, 7) is 7.71. The fraction of sp³-hybridized carbons (Fsp3) is 0.556. The second kappa shape index (κ2) is 7.05. The maximum Gasteiger partial charge on any atom is 0.150 e. The molecule has 0 aliphatic carbocycles. The minimum absolute atomic E-state index is 0.694. The van der Waals surface area contributed by atoms with Gasteiger partial charge in [-0.1, -0.05) is 29.8 Å².